The van der Waals surface area contributed by atoms with Crippen molar-refractivity contribution in [2.45, 2.75) is 38.1 Å². The number of rotatable bonds is 3. The Hall–Kier alpha value is -0.520. The highest BCUT2D eigenvalue weighted by Gasteiger charge is 2.35. The predicted molar refractivity (Wildman–Crippen MR) is 56.3 cm³/mol. The van der Waals surface area contributed by atoms with Gasteiger partial charge in [-0.1, -0.05) is 25.7 Å². The van der Waals surface area contributed by atoms with Gasteiger partial charge in [0.15, 0.2) is 0 Å². The van der Waals surface area contributed by atoms with Crippen LogP contribution in [0.5, 0.6) is 0 Å². The zero-order chi connectivity index (χ0) is 9.73. The molecule has 0 aromatic carbocycles. The Labute approximate surface area is 81.3 Å². The molecule has 74 valence electrons. The molecule has 1 fully saturated rings. The van der Waals surface area contributed by atoms with Crippen molar-refractivity contribution >= 4 is 0 Å². The smallest absolute Gasteiger partial charge is 0.0578 e. The molecular weight excluding hydrogens is 160 g/mol. The zero-order valence-corrected chi connectivity index (χ0v) is 8.47. The molecule has 0 aromatic rings. The molecule has 0 bridgehead atoms. The molecule has 13 heavy (non-hydrogen) atoms. The molecule has 0 spiro atoms. The van der Waals surface area contributed by atoms with E-state index in [2.05, 4.69) is 18.2 Å². The Kier molecular flexibility index (Phi) is 3.77. The van der Waals surface area contributed by atoms with Gasteiger partial charge in [0.05, 0.1) is 6.54 Å². The summed E-state index contributed by atoms with van der Waals surface area (Å²) in [6, 6.07) is 0. The summed E-state index contributed by atoms with van der Waals surface area (Å²) in [7, 11) is 0. The third-order valence-electron chi connectivity index (χ3n) is 3.36. The van der Waals surface area contributed by atoms with Crippen molar-refractivity contribution in [2.75, 3.05) is 13.1 Å². The van der Waals surface area contributed by atoms with Crippen molar-refractivity contribution < 1.29 is 0 Å². The van der Waals surface area contributed by atoms with Crippen LogP contribution in [0.3, 0.4) is 0 Å². The van der Waals surface area contributed by atoms with Crippen LogP contribution in [0.2, 0.25) is 0 Å². The molecule has 2 unspecified atom stereocenters. The highest BCUT2D eigenvalue weighted by molar-refractivity contribution is 5.00. The Bertz CT molecular complexity index is 195. The summed E-state index contributed by atoms with van der Waals surface area (Å²) in [5, 5.41) is 3.42. The molecular formula is C11H20N2. The maximum Gasteiger partial charge on any atom is 0.0578 e. The predicted octanol–water partition coefficient (Wildman–Crippen LogP) is 1.12. The van der Waals surface area contributed by atoms with Gasteiger partial charge in [-0.3, -0.25) is 5.32 Å². The third-order valence-corrected chi connectivity index (χ3v) is 3.36. The molecule has 0 amide bonds. The monoisotopic (exact) mass is 180 g/mol. The molecule has 0 aromatic heterocycles. The van der Waals surface area contributed by atoms with Gasteiger partial charge in [0, 0.05) is 12.1 Å². The summed E-state index contributed by atoms with van der Waals surface area (Å²) in [6.07, 6.45) is 10.3. The van der Waals surface area contributed by atoms with E-state index < -0.39 is 0 Å². The first kappa shape index (κ1) is 10.6. The third kappa shape index (κ3) is 2.24. The minimum atomic E-state index is 0.116. The summed E-state index contributed by atoms with van der Waals surface area (Å²) in [5.41, 5.74) is 5.95. The van der Waals surface area contributed by atoms with Crippen molar-refractivity contribution in [3.63, 3.8) is 0 Å². The second kappa shape index (κ2) is 4.64. The zero-order valence-electron chi connectivity index (χ0n) is 8.47. The Balaban J connectivity index is 2.60. The van der Waals surface area contributed by atoms with E-state index in [1.807, 2.05) is 0 Å². The lowest BCUT2D eigenvalue weighted by Crippen LogP contribution is -2.57. The second-order valence-electron chi connectivity index (χ2n) is 4.06. The fraction of sp³-hybridized carbons (Fsp3) is 0.818. The first-order valence-electron chi connectivity index (χ1n) is 5.14. The summed E-state index contributed by atoms with van der Waals surface area (Å²) in [4.78, 5) is 0. The molecule has 1 saturated carbocycles. The first-order valence-corrected chi connectivity index (χ1v) is 5.14. The lowest BCUT2D eigenvalue weighted by Gasteiger charge is -2.42. The van der Waals surface area contributed by atoms with Crippen LogP contribution < -0.4 is 11.1 Å². The minimum absolute atomic E-state index is 0.116. The van der Waals surface area contributed by atoms with Crippen molar-refractivity contribution in [3.05, 3.63) is 0 Å². The van der Waals surface area contributed by atoms with Crippen molar-refractivity contribution in [3.8, 4) is 12.3 Å². The van der Waals surface area contributed by atoms with E-state index in [0.717, 1.165) is 0 Å². The molecule has 2 atom stereocenters. The lowest BCUT2D eigenvalue weighted by atomic mass is 9.73. The largest absolute Gasteiger partial charge is 0.329 e. The van der Waals surface area contributed by atoms with Crippen LogP contribution in [0, 0.1) is 18.3 Å². The van der Waals surface area contributed by atoms with Crippen LogP contribution in [0.4, 0.5) is 0 Å². The highest BCUT2D eigenvalue weighted by Crippen LogP contribution is 2.32. The Morgan fingerprint density at radius 1 is 1.62 bits per heavy atom. The van der Waals surface area contributed by atoms with Crippen LogP contribution in [0.1, 0.15) is 32.6 Å². The van der Waals surface area contributed by atoms with Gasteiger partial charge < -0.3 is 5.73 Å². The number of nitrogens with two attached hydrogens (primary N) is 1. The molecule has 2 heteroatoms. The average Bonchev–Trinajstić information content (AvgIpc) is 2.17. The number of hydrogen-bond acceptors (Lipinski definition) is 2. The van der Waals surface area contributed by atoms with Gasteiger partial charge in [0.1, 0.15) is 0 Å². The van der Waals surface area contributed by atoms with Gasteiger partial charge >= 0.3 is 0 Å². The van der Waals surface area contributed by atoms with Gasteiger partial charge in [-0.15, -0.1) is 6.42 Å². The summed E-state index contributed by atoms with van der Waals surface area (Å²) < 4.78 is 0. The minimum Gasteiger partial charge on any atom is -0.329 e. The molecule has 0 heterocycles. The van der Waals surface area contributed by atoms with Crippen LogP contribution in [-0.4, -0.2) is 18.6 Å². The number of terminal acetylenes is 1. The number of hydrogen-bond donors (Lipinski definition) is 2. The Morgan fingerprint density at radius 2 is 2.38 bits per heavy atom. The van der Waals surface area contributed by atoms with Crippen LogP contribution >= 0.6 is 0 Å². The Morgan fingerprint density at radius 3 is 2.92 bits per heavy atom. The first-order chi connectivity index (χ1) is 6.25. The molecule has 1 aliphatic rings. The van der Waals surface area contributed by atoms with E-state index in [0.29, 0.717) is 19.0 Å². The van der Waals surface area contributed by atoms with Crippen molar-refractivity contribution in [1.29, 1.82) is 0 Å². The molecule has 3 N–H and O–H groups in total. The standard InChI is InChI=1S/C11H20N2/c1-3-8-13-11(9-12)7-5-4-6-10(11)2/h1,10,13H,4-9,12H2,2H3. The van der Waals surface area contributed by atoms with E-state index in [9.17, 15) is 0 Å². The van der Waals surface area contributed by atoms with Crippen LogP contribution in [0.15, 0.2) is 0 Å². The molecule has 0 saturated heterocycles. The normalized spacial score (nSPS) is 34.1. The maximum atomic E-state index is 5.84. The van der Waals surface area contributed by atoms with Crippen LogP contribution in [0.25, 0.3) is 0 Å². The quantitative estimate of drug-likeness (QED) is 0.639. The van der Waals surface area contributed by atoms with Gasteiger partial charge in [-0.25, -0.2) is 0 Å². The van der Waals surface area contributed by atoms with E-state index in [-0.39, 0.29) is 5.54 Å². The van der Waals surface area contributed by atoms with E-state index in [1.165, 1.54) is 25.7 Å². The maximum absolute atomic E-state index is 5.84. The summed E-state index contributed by atoms with van der Waals surface area (Å²) in [6.45, 7) is 3.62. The fourth-order valence-electron chi connectivity index (χ4n) is 2.28. The van der Waals surface area contributed by atoms with Gasteiger partial charge in [-0.05, 0) is 18.8 Å². The van der Waals surface area contributed by atoms with Gasteiger partial charge in [-0.2, -0.15) is 0 Å². The topological polar surface area (TPSA) is 38.0 Å². The fourth-order valence-corrected chi connectivity index (χ4v) is 2.28. The van der Waals surface area contributed by atoms with E-state index in [4.69, 9.17) is 12.2 Å². The summed E-state index contributed by atoms with van der Waals surface area (Å²) in [5.74, 6) is 3.28. The molecule has 0 aliphatic heterocycles. The SMILES string of the molecule is C#CCNC1(CN)CCCCC1C. The second-order valence-corrected chi connectivity index (χ2v) is 4.06. The molecule has 1 aliphatic carbocycles. The van der Waals surface area contributed by atoms with E-state index >= 15 is 0 Å². The highest BCUT2D eigenvalue weighted by atomic mass is 15.0. The lowest BCUT2D eigenvalue weighted by molar-refractivity contribution is 0.168. The molecule has 1 rings (SSSR count). The van der Waals surface area contributed by atoms with Crippen LogP contribution in [-0.2, 0) is 0 Å². The average molecular weight is 180 g/mol. The van der Waals surface area contributed by atoms with Gasteiger partial charge in [0.2, 0.25) is 0 Å². The molecule has 2 nitrogen and oxygen atoms in total. The summed E-state index contributed by atoms with van der Waals surface area (Å²) >= 11 is 0. The van der Waals surface area contributed by atoms with E-state index in [1.54, 1.807) is 0 Å². The number of nitrogens with one attached hydrogen (secondary N) is 1. The van der Waals surface area contributed by atoms with Crippen molar-refractivity contribution in [1.82, 2.24) is 5.32 Å². The van der Waals surface area contributed by atoms with Gasteiger partial charge in [0.25, 0.3) is 0 Å². The van der Waals surface area contributed by atoms with Crippen molar-refractivity contribution in [2.24, 2.45) is 11.7 Å². The molecule has 0 radical (unpaired) electrons.